The molecule has 0 unspecified atom stereocenters. The minimum absolute atomic E-state index is 0.00356. The van der Waals surface area contributed by atoms with Gasteiger partial charge in [0.2, 0.25) is 5.91 Å². The Labute approximate surface area is 198 Å². The smallest absolute Gasteiger partial charge is 0.325 e. The van der Waals surface area contributed by atoms with Crippen LogP contribution in [-0.2, 0) is 21.7 Å². The summed E-state index contributed by atoms with van der Waals surface area (Å²) in [5.74, 6) is -0.738. The molecule has 7 heteroatoms. The number of amides is 4. The minimum Gasteiger partial charge on any atom is -0.350 e. The molecular formula is C27H28N4O3. The van der Waals surface area contributed by atoms with Gasteiger partial charge >= 0.3 is 6.03 Å². The van der Waals surface area contributed by atoms with E-state index in [0.717, 1.165) is 41.7 Å². The van der Waals surface area contributed by atoms with Crippen LogP contribution in [0.25, 0.3) is 10.8 Å². The SMILES string of the molecule is C[C@]1(c2ccc3ccccc3c2)NC(=O)N(CC(=O)N[C@@H]2CCN(Cc3ccccc3)C2)C1=O. The molecule has 2 saturated heterocycles. The van der Waals surface area contributed by atoms with E-state index in [1.807, 2.05) is 60.7 Å². The van der Waals surface area contributed by atoms with Crippen molar-refractivity contribution < 1.29 is 14.4 Å². The van der Waals surface area contributed by atoms with Crippen LogP contribution >= 0.6 is 0 Å². The molecule has 0 radical (unpaired) electrons. The number of fused-ring (bicyclic) bond motifs is 1. The van der Waals surface area contributed by atoms with Gasteiger partial charge in [0.15, 0.2) is 0 Å². The van der Waals surface area contributed by atoms with Gasteiger partial charge in [0, 0.05) is 25.7 Å². The van der Waals surface area contributed by atoms with Gasteiger partial charge in [0.25, 0.3) is 5.91 Å². The zero-order valence-electron chi connectivity index (χ0n) is 19.2. The Morgan fingerprint density at radius 2 is 1.76 bits per heavy atom. The van der Waals surface area contributed by atoms with E-state index in [1.165, 1.54) is 5.56 Å². The first kappa shape index (κ1) is 22.1. The van der Waals surface area contributed by atoms with Crippen LogP contribution in [0.1, 0.15) is 24.5 Å². The van der Waals surface area contributed by atoms with E-state index in [1.54, 1.807) is 6.92 Å². The highest BCUT2D eigenvalue weighted by Gasteiger charge is 2.49. The van der Waals surface area contributed by atoms with Crippen LogP contribution in [0.15, 0.2) is 72.8 Å². The van der Waals surface area contributed by atoms with Gasteiger partial charge in [-0.05, 0) is 41.3 Å². The number of rotatable bonds is 6. The van der Waals surface area contributed by atoms with Gasteiger partial charge in [0.1, 0.15) is 12.1 Å². The number of nitrogens with zero attached hydrogens (tertiary/aromatic N) is 2. The number of imide groups is 1. The van der Waals surface area contributed by atoms with E-state index in [9.17, 15) is 14.4 Å². The minimum atomic E-state index is -1.21. The Bertz CT molecular complexity index is 1240. The lowest BCUT2D eigenvalue weighted by Crippen LogP contribution is -2.46. The monoisotopic (exact) mass is 456 g/mol. The van der Waals surface area contributed by atoms with Crippen molar-refractivity contribution in [1.29, 1.82) is 0 Å². The number of carbonyl (C=O) groups excluding carboxylic acids is 3. The number of hydrogen-bond donors (Lipinski definition) is 2. The summed E-state index contributed by atoms with van der Waals surface area (Å²) in [6.07, 6.45) is 0.841. The number of hydrogen-bond acceptors (Lipinski definition) is 4. The number of likely N-dealkylation sites (tertiary alicyclic amines) is 1. The van der Waals surface area contributed by atoms with Crippen LogP contribution in [0.4, 0.5) is 4.79 Å². The van der Waals surface area contributed by atoms with E-state index in [4.69, 9.17) is 0 Å². The molecule has 0 aromatic heterocycles. The Morgan fingerprint density at radius 1 is 1.03 bits per heavy atom. The van der Waals surface area contributed by atoms with Gasteiger partial charge in [-0.2, -0.15) is 0 Å². The van der Waals surface area contributed by atoms with Gasteiger partial charge in [0.05, 0.1) is 0 Å². The molecule has 3 aromatic carbocycles. The quantitative estimate of drug-likeness (QED) is 0.559. The normalized spacial score (nSPS) is 22.9. The predicted molar refractivity (Wildman–Crippen MR) is 130 cm³/mol. The van der Waals surface area contributed by atoms with Crippen molar-refractivity contribution in [2.45, 2.75) is 31.5 Å². The maximum Gasteiger partial charge on any atom is 0.325 e. The number of nitrogens with one attached hydrogen (secondary N) is 2. The second-order valence-corrected chi connectivity index (χ2v) is 9.28. The third kappa shape index (κ3) is 4.26. The van der Waals surface area contributed by atoms with Gasteiger partial charge < -0.3 is 10.6 Å². The highest BCUT2D eigenvalue weighted by atomic mass is 16.2. The van der Waals surface area contributed by atoms with E-state index in [0.29, 0.717) is 5.56 Å². The summed E-state index contributed by atoms with van der Waals surface area (Å²) in [6, 6.07) is 23.2. The van der Waals surface area contributed by atoms with Gasteiger partial charge in [-0.1, -0.05) is 66.7 Å². The van der Waals surface area contributed by atoms with E-state index >= 15 is 0 Å². The average Bonchev–Trinajstić information content (AvgIpc) is 3.36. The molecule has 0 spiro atoms. The molecule has 2 atom stereocenters. The predicted octanol–water partition coefficient (Wildman–Crippen LogP) is 3.00. The van der Waals surface area contributed by atoms with Crippen molar-refractivity contribution >= 4 is 28.6 Å². The summed E-state index contributed by atoms with van der Waals surface area (Å²) in [7, 11) is 0. The highest BCUT2D eigenvalue weighted by Crippen LogP contribution is 2.31. The summed E-state index contributed by atoms with van der Waals surface area (Å²) < 4.78 is 0. The van der Waals surface area contributed by atoms with Gasteiger partial charge in [-0.25, -0.2) is 4.79 Å². The number of benzene rings is 3. The Hall–Kier alpha value is -3.71. The van der Waals surface area contributed by atoms with Crippen LogP contribution in [-0.4, -0.2) is 53.3 Å². The molecule has 0 aliphatic carbocycles. The van der Waals surface area contributed by atoms with Crippen molar-refractivity contribution in [3.05, 3.63) is 83.9 Å². The Kier molecular flexibility index (Phi) is 5.79. The van der Waals surface area contributed by atoms with Gasteiger partial charge in [-0.15, -0.1) is 0 Å². The molecular weight excluding hydrogens is 428 g/mol. The Morgan fingerprint density at radius 3 is 2.56 bits per heavy atom. The van der Waals surface area contributed by atoms with Crippen molar-refractivity contribution in [2.75, 3.05) is 19.6 Å². The molecule has 7 nitrogen and oxygen atoms in total. The van der Waals surface area contributed by atoms with E-state index in [2.05, 4.69) is 27.7 Å². The van der Waals surface area contributed by atoms with Crippen LogP contribution in [0, 0.1) is 0 Å². The summed E-state index contributed by atoms with van der Waals surface area (Å²) in [4.78, 5) is 42.0. The van der Waals surface area contributed by atoms with Crippen LogP contribution in [0.5, 0.6) is 0 Å². The molecule has 34 heavy (non-hydrogen) atoms. The fourth-order valence-corrected chi connectivity index (χ4v) is 4.89. The number of carbonyl (C=O) groups is 3. The second-order valence-electron chi connectivity index (χ2n) is 9.28. The van der Waals surface area contributed by atoms with E-state index in [-0.39, 0.29) is 18.5 Å². The molecule has 2 fully saturated rings. The zero-order chi connectivity index (χ0) is 23.7. The molecule has 2 aliphatic heterocycles. The largest absolute Gasteiger partial charge is 0.350 e. The summed E-state index contributed by atoms with van der Waals surface area (Å²) in [5.41, 5.74) is 0.725. The fraction of sp³-hybridized carbons (Fsp3) is 0.296. The van der Waals surface area contributed by atoms with Crippen LogP contribution in [0.2, 0.25) is 0 Å². The molecule has 5 rings (SSSR count). The molecule has 3 aromatic rings. The maximum absolute atomic E-state index is 13.3. The maximum atomic E-state index is 13.3. The fourth-order valence-electron chi connectivity index (χ4n) is 4.89. The molecule has 0 saturated carbocycles. The third-order valence-corrected chi connectivity index (χ3v) is 6.79. The lowest BCUT2D eigenvalue weighted by atomic mass is 9.90. The third-order valence-electron chi connectivity index (χ3n) is 6.79. The van der Waals surface area contributed by atoms with Crippen molar-refractivity contribution in [1.82, 2.24) is 20.4 Å². The molecule has 4 amide bonds. The van der Waals surface area contributed by atoms with Crippen molar-refractivity contribution in [3.8, 4) is 0 Å². The lowest BCUT2D eigenvalue weighted by Gasteiger charge is -2.23. The highest BCUT2D eigenvalue weighted by molar-refractivity contribution is 6.09. The summed E-state index contributed by atoms with van der Waals surface area (Å²) >= 11 is 0. The number of urea groups is 1. The molecule has 2 heterocycles. The first-order valence-corrected chi connectivity index (χ1v) is 11.6. The van der Waals surface area contributed by atoms with Crippen LogP contribution in [0.3, 0.4) is 0 Å². The lowest BCUT2D eigenvalue weighted by molar-refractivity contribution is -0.135. The Balaban J connectivity index is 1.21. The zero-order valence-corrected chi connectivity index (χ0v) is 19.2. The summed E-state index contributed by atoms with van der Waals surface area (Å²) in [6.45, 7) is 3.87. The standard InChI is InChI=1S/C27H28N4O3/c1-27(22-12-11-20-9-5-6-10-21(20)15-22)25(33)31(26(34)29-27)18-24(32)28-23-13-14-30(17-23)16-19-7-3-2-4-8-19/h2-12,15,23H,13-14,16-18H2,1H3,(H,28,32)(H,29,34)/t23-,27-/m1/s1. The van der Waals surface area contributed by atoms with Crippen molar-refractivity contribution in [3.63, 3.8) is 0 Å². The molecule has 0 bridgehead atoms. The first-order chi connectivity index (χ1) is 16.4. The second kappa shape index (κ2) is 8.91. The van der Waals surface area contributed by atoms with Crippen molar-refractivity contribution in [2.24, 2.45) is 0 Å². The molecule has 2 N–H and O–H groups in total. The van der Waals surface area contributed by atoms with E-state index < -0.39 is 17.5 Å². The summed E-state index contributed by atoms with van der Waals surface area (Å²) in [5, 5.41) is 7.84. The first-order valence-electron chi connectivity index (χ1n) is 11.6. The molecule has 174 valence electrons. The van der Waals surface area contributed by atoms with Crippen LogP contribution < -0.4 is 10.6 Å². The average molecular weight is 457 g/mol. The topological polar surface area (TPSA) is 81.8 Å². The molecule has 2 aliphatic rings. The van der Waals surface area contributed by atoms with Gasteiger partial charge in [-0.3, -0.25) is 19.4 Å².